The van der Waals surface area contributed by atoms with Crippen molar-refractivity contribution in [2.45, 2.75) is 32.2 Å². The van der Waals surface area contributed by atoms with Gasteiger partial charge in [-0.2, -0.15) is 0 Å². The Labute approximate surface area is 220 Å². The molecule has 11 heteroatoms. The largest absolute Gasteiger partial charge is 0.338 e. The Morgan fingerprint density at radius 1 is 1.22 bits per heavy atom. The molecule has 1 aromatic carbocycles. The third-order valence-electron chi connectivity index (χ3n) is 6.40. The maximum absolute atomic E-state index is 13.6. The van der Waals surface area contributed by atoms with E-state index in [0.717, 1.165) is 50.2 Å². The number of hydrogen-bond acceptors (Lipinski definition) is 7. The standard InChI is InChI=1S/C26H34FN7O2S/c1-4-33(26(36)29-12-5-15-32(2)3)25(35)21-16-37-24(31-21)23-22(18-6-8-19(27)9-7-18)30-17-34(23)20-10-13-28-14-11-20/h6-9,16-17,20,28H,4-5,10-15H2,1-3H3,(H,29,36). The number of aromatic nitrogens is 3. The van der Waals surface area contributed by atoms with Gasteiger partial charge in [-0.05, 0) is 84.2 Å². The van der Waals surface area contributed by atoms with Gasteiger partial charge < -0.3 is 20.1 Å². The number of thiazole rings is 1. The van der Waals surface area contributed by atoms with E-state index in [1.807, 2.05) is 25.3 Å². The number of imide groups is 1. The Bertz CT molecular complexity index is 1200. The summed E-state index contributed by atoms with van der Waals surface area (Å²) in [5, 5.41) is 8.54. The van der Waals surface area contributed by atoms with Crippen LogP contribution in [0.4, 0.5) is 9.18 Å². The maximum atomic E-state index is 13.6. The quantitative estimate of drug-likeness (QED) is 0.411. The fourth-order valence-electron chi connectivity index (χ4n) is 4.44. The third-order valence-corrected chi connectivity index (χ3v) is 7.25. The number of benzene rings is 1. The number of rotatable bonds is 9. The van der Waals surface area contributed by atoms with Crippen molar-refractivity contribution in [2.75, 3.05) is 46.8 Å². The van der Waals surface area contributed by atoms with Gasteiger partial charge in [0.05, 0.1) is 12.0 Å². The summed E-state index contributed by atoms with van der Waals surface area (Å²) in [5.74, 6) is -0.753. The van der Waals surface area contributed by atoms with Crippen LogP contribution < -0.4 is 10.6 Å². The second-order valence-electron chi connectivity index (χ2n) is 9.31. The lowest BCUT2D eigenvalue weighted by Crippen LogP contribution is -2.44. The molecule has 3 aromatic rings. The van der Waals surface area contributed by atoms with E-state index in [2.05, 4.69) is 25.2 Å². The van der Waals surface area contributed by atoms with Crippen molar-refractivity contribution in [1.82, 2.24) is 35.0 Å². The molecule has 37 heavy (non-hydrogen) atoms. The second-order valence-corrected chi connectivity index (χ2v) is 10.2. The molecule has 0 spiro atoms. The first-order valence-corrected chi connectivity index (χ1v) is 13.5. The number of nitrogens with zero attached hydrogens (tertiary/aromatic N) is 5. The molecule has 0 radical (unpaired) electrons. The van der Waals surface area contributed by atoms with E-state index in [1.54, 1.807) is 24.4 Å². The predicted molar refractivity (Wildman–Crippen MR) is 143 cm³/mol. The van der Waals surface area contributed by atoms with Gasteiger partial charge in [-0.15, -0.1) is 11.3 Å². The third kappa shape index (κ3) is 6.41. The summed E-state index contributed by atoms with van der Waals surface area (Å²) in [4.78, 5) is 38.5. The Balaban J connectivity index is 1.60. The van der Waals surface area contributed by atoms with Crippen molar-refractivity contribution < 1.29 is 14.0 Å². The lowest BCUT2D eigenvalue weighted by molar-refractivity contribution is 0.0802. The van der Waals surface area contributed by atoms with E-state index in [4.69, 9.17) is 0 Å². The highest BCUT2D eigenvalue weighted by Gasteiger charge is 2.27. The summed E-state index contributed by atoms with van der Waals surface area (Å²) in [5.41, 5.74) is 2.49. The van der Waals surface area contributed by atoms with Gasteiger partial charge in [-0.3, -0.25) is 9.69 Å². The molecule has 0 saturated carbocycles. The number of carbonyl (C=O) groups excluding carboxylic acids is 2. The Morgan fingerprint density at radius 2 is 1.95 bits per heavy atom. The summed E-state index contributed by atoms with van der Waals surface area (Å²) in [6.07, 6.45) is 4.49. The van der Waals surface area contributed by atoms with Crippen LogP contribution in [0, 0.1) is 5.82 Å². The van der Waals surface area contributed by atoms with Gasteiger partial charge >= 0.3 is 6.03 Å². The number of amides is 3. The topological polar surface area (TPSA) is 95.4 Å². The van der Waals surface area contributed by atoms with E-state index in [1.165, 1.54) is 28.4 Å². The summed E-state index contributed by atoms with van der Waals surface area (Å²) in [7, 11) is 3.95. The molecule has 2 N–H and O–H groups in total. The number of imidazole rings is 1. The molecule has 0 unspecified atom stereocenters. The van der Waals surface area contributed by atoms with Gasteiger partial charge in [-0.25, -0.2) is 19.2 Å². The van der Waals surface area contributed by atoms with E-state index < -0.39 is 11.9 Å². The van der Waals surface area contributed by atoms with Gasteiger partial charge in [0.2, 0.25) is 0 Å². The maximum Gasteiger partial charge on any atom is 0.324 e. The van der Waals surface area contributed by atoms with Crippen LogP contribution >= 0.6 is 11.3 Å². The van der Waals surface area contributed by atoms with Crippen molar-refractivity contribution in [3.05, 3.63) is 47.5 Å². The molecule has 0 bridgehead atoms. The van der Waals surface area contributed by atoms with Crippen LogP contribution in [0.2, 0.25) is 0 Å². The van der Waals surface area contributed by atoms with Crippen molar-refractivity contribution in [3.8, 4) is 22.0 Å². The molecule has 1 fully saturated rings. The highest BCUT2D eigenvalue weighted by molar-refractivity contribution is 7.13. The summed E-state index contributed by atoms with van der Waals surface area (Å²) >= 11 is 1.34. The lowest BCUT2D eigenvalue weighted by atomic mass is 10.1. The van der Waals surface area contributed by atoms with Crippen LogP contribution in [0.1, 0.15) is 42.7 Å². The minimum atomic E-state index is -0.439. The molecule has 0 aliphatic carbocycles. The SMILES string of the molecule is CCN(C(=O)NCCCN(C)C)C(=O)c1csc(-c2c(-c3ccc(F)cc3)ncn2C2CCNCC2)n1. The Hall–Kier alpha value is -3.15. The molecule has 1 saturated heterocycles. The molecular weight excluding hydrogens is 493 g/mol. The first kappa shape index (κ1) is 26.9. The van der Waals surface area contributed by atoms with E-state index in [-0.39, 0.29) is 24.1 Å². The minimum absolute atomic E-state index is 0.216. The number of piperidine rings is 1. The second kappa shape index (κ2) is 12.4. The first-order valence-electron chi connectivity index (χ1n) is 12.6. The van der Waals surface area contributed by atoms with Crippen molar-refractivity contribution in [3.63, 3.8) is 0 Å². The van der Waals surface area contributed by atoms with Crippen LogP contribution in [-0.4, -0.2) is 83.1 Å². The molecule has 1 aliphatic rings. The fraction of sp³-hybridized carbons (Fsp3) is 0.462. The van der Waals surface area contributed by atoms with Crippen molar-refractivity contribution in [2.24, 2.45) is 0 Å². The zero-order valence-corrected chi connectivity index (χ0v) is 22.4. The lowest BCUT2D eigenvalue weighted by Gasteiger charge is -2.25. The molecule has 198 valence electrons. The molecule has 1 aliphatic heterocycles. The van der Waals surface area contributed by atoms with Crippen LogP contribution in [-0.2, 0) is 0 Å². The van der Waals surface area contributed by atoms with Crippen LogP contribution in [0.3, 0.4) is 0 Å². The van der Waals surface area contributed by atoms with E-state index >= 15 is 0 Å². The van der Waals surface area contributed by atoms with E-state index in [0.29, 0.717) is 17.2 Å². The summed E-state index contributed by atoms with van der Waals surface area (Å²) in [6, 6.07) is 6.04. The zero-order valence-electron chi connectivity index (χ0n) is 21.5. The van der Waals surface area contributed by atoms with Crippen molar-refractivity contribution in [1.29, 1.82) is 0 Å². The highest BCUT2D eigenvalue weighted by Crippen LogP contribution is 2.37. The average molecular weight is 528 g/mol. The van der Waals surface area contributed by atoms with Gasteiger partial charge in [0, 0.05) is 30.1 Å². The monoisotopic (exact) mass is 527 g/mol. The van der Waals surface area contributed by atoms with Crippen LogP contribution in [0.5, 0.6) is 0 Å². The molecule has 0 atom stereocenters. The first-order chi connectivity index (χ1) is 17.9. The van der Waals surface area contributed by atoms with Gasteiger partial charge in [-0.1, -0.05) is 0 Å². The summed E-state index contributed by atoms with van der Waals surface area (Å²) in [6.45, 7) is 5.15. The number of carbonyl (C=O) groups is 2. The molecule has 4 rings (SSSR count). The molecule has 2 aromatic heterocycles. The van der Waals surface area contributed by atoms with Gasteiger partial charge in [0.25, 0.3) is 5.91 Å². The summed E-state index contributed by atoms with van der Waals surface area (Å²) < 4.78 is 15.7. The molecule has 3 heterocycles. The number of nitrogens with one attached hydrogen (secondary N) is 2. The zero-order chi connectivity index (χ0) is 26.4. The number of halogens is 1. The molecule has 3 amide bonds. The number of hydrogen-bond donors (Lipinski definition) is 2. The van der Waals surface area contributed by atoms with E-state index in [9.17, 15) is 14.0 Å². The molecular formula is C26H34FN7O2S. The highest BCUT2D eigenvalue weighted by atomic mass is 32.1. The van der Waals surface area contributed by atoms with Gasteiger partial charge in [0.15, 0.2) is 0 Å². The fourth-order valence-corrected chi connectivity index (χ4v) is 5.28. The van der Waals surface area contributed by atoms with Gasteiger partial charge in [0.1, 0.15) is 22.2 Å². The normalized spacial score (nSPS) is 14.2. The number of urea groups is 1. The Kier molecular flexibility index (Phi) is 9.01. The predicted octanol–water partition coefficient (Wildman–Crippen LogP) is 3.86. The van der Waals surface area contributed by atoms with Crippen molar-refractivity contribution >= 4 is 23.3 Å². The van der Waals surface area contributed by atoms with Crippen LogP contribution in [0.15, 0.2) is 36.0 Å². The van der Waals surface area contributed by atoms with Crippen LogP contribution in [0.25, 0.3) is 22.0 Å². The Morgan fingerprint density at radius 3 is 2.62 bits per heavy atom. The molecule has 9 nitrogen and oxygen atoms in total. The average Bonchev–Trinajstić information content (AvgIpc) is 3.55. The smallest absolute Gasteiger partial charge is 0.324 e. The minimum Gasteiger partial charge on any atom is -0.338 e.